The van der Waals surface area contributed by atoms with Crippen LogP contribution in [-0.4, -0.2) is 14.9 Å². The molecule has 2 aromatic rings. The van der Waals surface area contributed by atoms with Gasteiger partial charge in [0.05, 0.1) is 16.3 Å². The maximum atomic E-state index is 10.7. The summed E-state index contributed by atoms with van der Waals surface area (Å²) >= 11 is 0. The van der Waals surface area contributed by atoms with Gasteiger partial charge in [0.15, 0.2) is 5.95 Å². The molecule has 0 radical (unpaired) electrons. The van der Waals surface area contributed by atoms with E-state index in [9.17, 15) is 10.1 Å². The first-order chi connectivity index (χ1) is 9.61. The van der Waals surface area contributed by atoms with Crippen LogP contribution >= 0.6 is 0 Å². The summed E-state index contributed by atoms with van der Waals surface area (Å²) < 4.78 is 0. The third kappa shape index (κ3) is 3.14. The third-order valence-electron chi connectivity index (χ3n) is 3.18. The normalized spacial score (nSPS) is 10.7. The molecule has 0 aliphatic carbocycles. The molecular formula is C14H18N4O2. The molecule has 1 aromatic carbocycles. The Kier molecular flexibility index (Phi) is 4.34. The number of nitrogens with two attached hydrogens (primary N) is 1. The van der Waals surface area contributed by atoms with Crippen molar-refractivity contribution < 1.29 is 4.92 Å². The molecular weight excluding hydrogens is 256 g/mol. The highest BCUT2D eigenvalue weighted by Crippen LogP contribution is 2.26. The number of benzene rings is 1. The maximum Gasteiger partial charge on any atom is 0.269 e. The first-order valence-corrected chi connectivity index (χ1v) is 6.71. The highest BCUT2D eigenvalue weighted by molar-refractivity contribution is 5.65. The van der Waals surface area contributed by atoms with Crippen molar-refractivity contribution in [3.05, 3.63) is 40.1 Å². The van der Waals surface area contributed by atoms with Crippen molar-refractivity contribution in [3.63, 3.8) is 0 Å². The molecule has 2 rings (SSSR count). The Morgan fingerprint density at radius 1 is 1.30 bits per heavy atom. The van der Waals surface area contributed by atoms with Crippen LogP contribution in [-0.2, 0) is 6.42 Å². The number of hydrogen-bond donors (Lipinski definition) is 2. The molecule has 6 nitrogen and oxygen atoms in total. The Morgan fingerprint density at radius 3 is 2.60 bits per heavy atom. The van der Waals surface area contributed by atoms with Crippen LogP contribution in [0.15, 0.2) is 24.3 Å². The van der Waals surface area contributed by atoms with Gasteiger partial charge in [0.2, 0.25) is 0 Å². The summed E-state index contributed by atoms with van der Waals surface area (Å²) in [6.07, 6.45) is 4.20. The zero-order valence-electron chi connectivity index (χ0n) is 11.4. The highest BCUT2D eigenvalue weighted by Gasteiger charge is 2.12. The largest absolute Gasteiger partial charge is 0.369 e. The van der Waals surface area contributed by atoms with E-state index in [4.69, 9.17) is 5.73 Å². The number of rotatable bonds is 6. The van der Waals surface area contributed by atoms with Gasteiger partial charge < -0.3 is 10.7 Å². The molecule has 6 heteroatoms. The number of unbranched alkanes of at least 4 members (excludes halogenated alkanes) is 2. The monoisotopic (exact) mass is 274 g/mol. The number of nitrogens with one attached hydrogen (secondary N) is 1. The van der Waals surface area contributed by atoms with Gasteiger partial charge in [-0.05, 0) is 25.0 Å². The summed E-state index contributed by atoms with van der Waals surface area (Å²) in [7, 11) is 0. The van der Waals surface area contributed by atoms with Crippen molar-refractivity contribution in [2.45, 2.75) is 32.6 Å². The van der Waals surface area contributed by atoms with E-state index < -0.39 is 4.92 Å². The van der Waals surface area contributed by atoms with E-state index in [1.165, 1.54) is 12.1 Å². The average molecular weight is 274 g/mol. The van der Waals surface area contributed by atoms with E-state index in [1.807, 2.05) is 0 Å². The lowest BCUT2D eigenvalue weighted by molar-refractivity contribution is -0.384. The minimum Gasteiger partial charge on any atom is -0.369 e. The van der Waals surface area contributed by atoms with Crippen LogP contribution < -0.4 is 5.73 Å². The van der Waals surface area contributed by atoms with Gasteiger partial charge in [-0.3, -0.25) is 10.1 Å². The van der Waals surface area contributed by atoms with Crippen LogP contribution in [0.5, 0.6) is 0 Å². The molecule has 3 N–H and O–H groups in total. The second kappa shape index (κ2) is 6.18. The summed E-state index contributed by atoms with van der Waals surface area (Å²) in [5.41, 5.74) is 8.44. The minimum absolute atomic E-state index is 0.0776. The fraction of sp³-hybridized carbons (Fsp3) is 0.357. The second-order valence-electron chi connectivity index (χ2n) is 4.70. The summed E-state index contributed by atoms with van der Waals surface area (Å²) in [6, 6.07) is 6.41. The third-order valence-corrected chi connectivity index (χ3v) is 3.18. The quantitative estimate of drug-likeness (QED) is 0.479. The number of aromatic nitrogens is 2. The molecule has 106 valence electrons. The first kappa shape index (κ1) is 14.0. The molecule has 0 amide bonds. The van der Waals surface area contributed by atoms with Crippen LogP contribution in [0.3, 0.4) is 0 Å². The molecule has 0 atom stereocenters. The molecule has 0 aliphatic rings. The van der Waals surface area contributed by atoms with Crippen LogP contribution in [0, 0.1) is 10.1 Å². The number of imidazole rings is 1. The van der Waals surface area contributed by atoms with Gasteiger partial charge in [-0.15, -0.1) is 0 Å². The van der Waals surface area contributed by atoms with Gasteiger partial charge >= 0.3 is 0 Å². The number of aryl methyl sites for hydroxylation is 1. The lowest BCUT2D eigenvalue weighted by atomic mass is 10.1. The first-order valence-electron chi connectivity index (χ1n) is 6.71. The number of nitrogen functional groups attached to an aromatic ring is 1. The fourth-order valence-electron chi connectivity index (χ4n) is 2.14. The molecule has 20 heavy (non-hydrogen) atoms. The number of non-ortho nitro benzene ring substituents is 1. The van der Waals surface area contributed by atoms with Gasteiger partial charge in [0.25, 0.3) is 5.69 Å². The van der Waals surface area contributed by atoms with Crippen molar-refractivity contribution >= 4 is 11.6 Å². The van der Waals surface area contributed by atoms with Crippen LogP contribution in [0.4, 0.5) is 11.6 Å². The zero-order valence-corrected chi connectivity index (χ0v) is 11.4. The van der Waals surface area contributed by atoms with Gasteiger partial charge in [-0.2, -0.15) is 0 Å². The number of hydrogen-bond acceptors (Lipinski definition) is 4. The molecule has 0 saturated carbocycles. The van der Waals surface area contributed by atoms with E-state index in [0.717, 1.165) is 42.6 Å². The lowest BCUT2D eigenvalue weighted by Crippen LogP contribution is -1.91. The Labute approximate surface area is 117 Å². The minimum atomic E-state index is -0.409. The molecule has 0 bridgehead atoms. The molecule has 0 aliphatic heterocycles. The smallest absolute Gasteiger partial charge is 0.269 e. The van der Waals surface area contributed by atoms with Gasteiger partial charge in [0, 0.05) is 17.7 Å². The number of H-pyrrole nitrogens is 1. The molecule has 1 heterocycles. The van der Waals surface area contributed by atoms with Crippen LogP contribution in [0.25, 0.3) is 11.3 Å². The summed E-state index contributed by atoms with van der Waals surface area (Å²) in [5, 5.41) is 10.7. The average Bonchev–Trinajstić information content (AvgIpc) is 2.80. The van der Waals surface area contributed by atoms with Crippen molar-refractivity contribution in [1.29, 1.82) is 0 Å². The number of anilines is 1. The second-order valence-corrected chi connectivity index (χ2v) is 4.70. The fourth-order valence-corrected chi connectivity index (χ4v) is 2.14. The molecule has 1 aromatic heterocycles. The van der Waals surface area contributed by atoms with E-state index in [-0.39, 0.29) is 5.69 Å². The summed E-state index contributed by atoms with van der Waals surface area (Å²) in [6.45, 7) is 2.15. The van der Waals surface area contributed by atoms with E-state index in [1.54, 1.807) is 12.1 Å². The highest BCUT2D eigenvalue weighted by atomic mass is 16.6. The standard InChI is InChI=1S/C14H18N4O2/c1-2-3-4-5-12-13(17-14(15)16-12)10-6-8-11(9-7-10)18(19)20/h6-9H,2-5H2,1H3,(H3,15,16,17). The Hall–Kier alpha value is -2.37. The Balaban J connectivity index is 2.24. The molecule has 0 saturated heterocycles. The topological polar surface area (TPSA) is 97.8 Å². The van der Waals surface area contributed by atoms with Crippen LogP contribution in [0.1, 0.15) is 31.9 Å². The van der Waals surface area contributed by atoms with Crippen molar-refractivity contribution in [1.82, 2.24) is 9.97 Å². The van der Waals surface area contributed by atoms with E-state index in [0.29, 0.717) is 5.95 Å². The number of nitro benzene ring substituents is 1. The summed E-state index contributed by atoms with van der Waals surface area (Å²) in [4.78, 5) is 17.6. The molecule has 0 unspecified atom stereocenters. The van der Waals surface area contributed by atoms with Gasteiger partial charge in [-0.25, -0.2) is 4.98 Å². The van der Waals surface area contributed by atoms with Gasteiger partial charge in [-0.1, -0.05) is 19.8 Å². The van der Waals surface area contributed by atoms with Crippen molar-refractivity contribution in [2.24, 2.45) is 0 Å². The lowest BCUT2D eigenvalue weighted by Gasteiger charge is -2.02. The van der Waals surface area contributed by atoms with Crippen molar-refractivity contribution in [2.75, 3.05) is 5.73 Å². The predicted octanol–water partition coefficient (Wildman–Crippen LogP) is 3.30. The maximum absolute atomic E-state index is 10.7. The molecule has 0 fully saturated rings. The number of nitro groups is 1. The zero-order chi connectivity index (χ0) is 14.5. The van der Waals surface area contributed by atoms with E-state index >= 15 is 0 Å². The number of aromatic amines is 1. The summed E-state index contributed by atoms with van der Waals surface area (Å²) in [5.74, 6) is 0.379. The Bertz CT molecular complexity index is 590. The molecule has 0 spiro atoms. The number of nitrogens with zero attached hydrogens (tertiary/aromatic N) is 2. The van der Waals surface area contributed by atoms with Crippen LogP contribution in [0.2, 0.25) is 0 Å². The predicted molar refractivity (Wildman–Crippen MR) is 78.3 cm³/mol. The van der Waals surface area contributed by atoms with Gasteiger partial charge in [0.1, 0.15) is 0 Å². The Morgan fingerprint density at radius 2 is 2.00 bits per heavy atom. The SMILES string of the molecule is CCCCCc1nc(N)[nH]c1-c1ccc([N+](=O)[O-])cc1. The van der Waals surface area contributed by atoms with E-state index in [2.05, 4.69) is 16.9 Å². The van der Waals surface area contributed by atoms with Crippen molar-refractivity contribution in [3.8, 4) is 11.3 Å².